The van der Waals surface area contributed by atoms with Gasteiger partial charge in [-0.05, 0) is 43.0 Å². The van der Waals surface area contributed by atoms with Crippen molar-refractivity contribution in [2.75, 3.05) is 6.54 Å². The van der Waals surface area contributed by atoms with Crippen molar-refractivity contribution in [3.05, 3.63) is 78.4 Å². The quantitative estimate of drug-likeness (QED) is 0.280. The van der Waals surface area contributed by atoms with Gasteiger partial charge >= 0.3 is 0 Å². The van der Waals surface area contributed by atoms with E-state index in [0.717, 1.165) is 19.0 Å². The van der Waals surface area contributed by atoms with Crippen LogP contribution in [0.1, 0.15) is 31.9 Å². The van der Waals surface area contributed by atoms with Crippen molar-refractivity contribution in [2.24, 2.45) is 4.99 Å². The molecule has 29 heavy (non-hydrogen) atoms. The smallest absolute Gasteiger partial charge is 0.191 e. The Bertz CT molecular complexity index is 886. The lowest BCUT2D eigenvalue weighted by Gasteiger charge is -2.15. The molecular weight excluding hydrogens is 473 g/mol. The third-order valence-corrected chi connectivity index (χ3v) is 4.38. The molecule has 6 heteroatoms. The van der Waals surface area contributed by atoms with Crippen molar-refractivity contribution >= 4 is 29.9 Å². The Morgan fingerprint density at radius 2 is 1.86 bits per heavy atom. The molecule has 2 aromatic carbocycles. The molecule has 0 unspecified atom stereocenters. The summed E-state index contributed by atoms with van der Waals surface area (Å²) in [6.45, 7) is 8.63. The van der Waals surface area contributed by atoms with Gasteiger partial charge in [0.05, 0.1) is 12.9 Å². The molecule has 0 fully saturated rings. The first-order valence-electron chi connectivity index (χ1n) is 9.83. The molecule has 0 spiro atoms. The molecule has 1 heterocycles. The van der Waals surface area contributed by atoms with Gasteiger partial charge in [0, 0.05) is 31.5 Å². The number of guanidine groups is 1. The number of imidazole rings is 1. The molecule has 0 aliphatic rings. The van der Waals surface area contributed by atoms with Crippen LogP contribution < -0.4 is 10.6 Å². The third kappa shape index (κ3) is 6.88. The molecule has 3 aromatic rings. The lowest BCUT2D eigenvalue weighted by molar-refractivity contribution is 0.700. The number of hydrogen-bond donors (Lipinski definition) is 2. The Labute approximate surface area is 190 Å². The number of hydrogen-bond acceptors (Lipinski definition) is 2. The van der Waals surface area contributed by atoms with Crippen LogP contribution >= 0.6 is 24.0 Å². The van der Waals surface area contributed by atoms with E-state index in [1.807, 2.05) is 12.5 Å². The maximum atomic E-state index is 4.76. The number of rotatable bonds is 7. The predicted octanol–water partition coefficient (Wildman–Crippen LogP) is 4.68. The number of halogens is 1. The summed E-state index contributed by atoms with van der Waals surface area (Å²) in [7, 11) is 0. The van der Waals surface area contributed by atoms with Crippen molar-refractivity contribution in [2.45, 2.75) is 39.9 Å². The lowest BCUT2D eigenvalue weighted by Crippen LogP contribution is -2.41. The summed E-state index contributed by atoms with van der Waals surface area (Å²) < 4.78 is 2.07. The summed E-state index contributed by atoms with van der Waals surface area (Å²) in [5.41, 5.74) is 4.90. The summed E-state index contributed by atoms with van der Waals surface area (Å²) in [5, 5.41) is 6.67. The van der Waals surface area contributed by atoms with Crippen LogP contribution in [0.2, 0.25) is 0 Å². The van der Waals surface area contributed by atoms with Crippen molar-refractivity contribution in [3.63, 3.8) is 0 Å². The fourth-order valence-corrected chi connectivity index (χ4v) is 3.08. The topological polar surface area (TPSA) is 54.2 Å². The molecule has 154 valence electrons. The summed E-state index contributed by atoms with van der Waals surface area (Å²) >= 11 is 0. The van der Waals surface area contributed by atoms with Crippen LogP contribution in [0, 0.1) is 0 Å². The molecule has 0 atom stereocenters. The summed E-state index contributed by atoms with van der Waals surface area (Å²) in [6.07, 6.45) is 5.63. The molecule has 3 rings (SSSR count). The van der Waals surface area contributed by atoms with Crippen LogP contribution in [0.3, 0.4) is 0 Å². The van der Waals surface area contributed by atoms with E-state index in [-0.39, 0.29) is 24.0 Å². The minimum Gasteiger partial charge on any atom is -0.357 e. The Morgan fingerprint density at radius 1 is 1.10 bits per heavy atom. The predicted molar refractivity (Wildman–Crippen MR) is 132 cm³/mol. The van der Waals surface area contributed by atoms with Gasteiger partial charge in [0.25, 0.3) is 0 Å². The zero-order valence-corrected chi connectivity index (χ0v) is 19.6. The molecule has 0 radical (unpaired) electrons. The maximum Gasteiger partial charge on any atom is 0.191 e. The third-order valence-electron chi connectivity index (χ3n) is 4.38. The van der Waals surface area contributed by atoms with E-state index in [1.54, 1.807) is 6.20 Å². The van der Waals surface area contributed by atoms with Gasteiger partial charge in [-0.15, -0.1) is 24.0 Å². The summed E-state index contributed by atoms with van der Waals surface area (Å²) in [4.78, 5) is 8.86. The molecule has 0 saturated carbocycles. The zero-order chi connectivity index (χ0) is 19.8. The summed E-state index contributed by atoms with van der Waals surface area (Å²) in [5.74, 6) is 0.850. The standard InChI is InChI=1S/C23H29N5.HI/c1-4-25-23(27-18(2)3)26-15-21-7-5-6-8-22(21)20-11-9-19(10-12-20)16-28-14-13-24-17-28;/h5-14,17-18H,4,15-16H2,1-3H3,(H2,25,26,27);1H. The molecule has 0 bridgehead atoms. The number of aliphatic imine (C=N–C) groups is 1. The van der Waals surface area contributed by atoms with E-state index in [2.05, 4.69) is 89.5 Å². The zero-order valence-electron chi connectivity index (χ0n) is 17.3. The first kappa shape index (κ1) is 22.9. The highest BCUT2D eigenvalue weighted by Gasteiger charge is 2.06. The van der Waals surface area contributed by atoms with E-state index in [9.17, 15) is 0 Å². The average molecular weight is 503 g/mol. The van der Waals surface area contributed by atoms with Crippen molar-refractivity contribution in [3.8, 4) is 11.1 Å². The second-order valence-electron chi connectivity index (χ2n) is 7.08. The Morgan fingerprint density at radius 3 is 2.52 bits per heavy atom. The molecule has 5 nitrogen and oxygen atoms in total. The highest BCUT2D eigenvalue weighted by atomic mass is 127. The molecular formula is C23H30IN5. The van der Waals surface area contributed by atoms with E-state index in [0.29, 0.717) is 12.6 Å². The van der Waals surface area contributed by atoms with Gasteiger partial charge in [0.15, 0.2) is 5.96 Å². The van der Waals surface area contributed by atoms with Crippen molar-refractivity contribution in [1.82, 2.24) is 20.2 Å². The highest BCUT2D eigenvalue weighted by Crippen LogP contribution is 2.25. The molecule has 0 saturated heterocycles. The van der Waals surface area contributed by atoms with Gasteiger partial charge in [0.2, 0.25) is 0 Å². The fraction of sp³-hybridized carbons (Fsp3) is 0.304. The first-order chi connectivity index (χ1) is 13.7. The van der Waals surface area contributed by atoms with Gasteiger partial charge in [-0.2, -0.15) is 0 Å². The van der Waals surface area contributed by atoms with Crippen LogP contribution in [0.5, 0.6) is 0 Å². The van der Waals surface area contributed by atoms with E-state index >= 15 is 0 Å². The van der Waals surface area contributed by atoms with E-state index < -0.39 is 0 Å². The Hall–Kier alpha value is -2.35. The van der Waals surface area contributed by atoms with Gasteiger partial charge in [-0.1, -0.05) is 48.5 Å². The number of nitrogens with zero attached hydrogens (tertiary/aromatic N) is 3. The first-order valence-corrected chi connectivity index (χ1v) is 9.83. The SMILES string of the molecule is CCNC(=NCc1ccccc1-c1ccc(Cn2ccnc2)cc1)NC(C)C.I. The second-order valence-corrected chi connectivity index (χ2v) is 7.08. The van der Waals surface area contributed by atoms with Crippen LogP contribution in [0.25, 0.3) is 11.1 Å². The van der Waals surface area contributed by atoms with Crippen LogP contribution in [0.15, 0.2) is 72.2 Å². The maximum absolute atomic E-state index is 4.76. The van der Waals surface area contributed by atoms with Gasteiger partial charge in [-0.25, -0.2) is 9.98 Å². The van der Waals surface area contributed by atoms with Crippen LogP contribution in [-0.2, 0) is 13.1 Å². The molecule has 1 aromatic heterocycles. The van der Waals surface area contributed by atoms with E-state index in [1.165, 1.54) is 22.3 Å². The van der Waals surface area contributed by atoms with E-state index in [4.69, 9.17) is 4.99 Å². The number of nitrogens with one attached hydrogen (secondary N) is 2. The normalized spacial score (nSPS) is 11.2. The average Bonchev–Trinajstić information content (AvgIpc) is 3.20. The molecule has 2 N–H and O–H groups in total. The minimum absolute atomic E-state index is 0. The summed E-state index contributed by atoms with van der Waals surface area (Å²) in [6, 6.07) is 17.6. The molecule has 0 aliphatic heterocycles. The van der Waals surface area contributed by atoms with Gasteiger partial charge in [-0.3, -0.25) is 0 Å². The number of benzene rings is 2. The van der Waals surface area contributed by atoms with Gasteiger partial charge in [0.1, 0.15) is 0 Å². The fourth-order valence-electron chi connectivity index (χ4n) is 3.08. The minimum atomic E-state index is 0. The van der Waals surface area contributed by atoms with Crippen molar-refractivity contribution < 1.29 is 0 Å². The van der Waals surface area contributed by atoms with Crippen molar-refractivity contribution in [1.29, 1.82) is 0 Å². The van der Waals surface area contributed by atoms with Crippen LogP contribution in [-0.4, -0.2) is 28.1 Å². The van der Waals surface area contributed by atoms with Crippen LogP contribution in [0.4, 0.5) is 0 Å². The number of aromatic nitrogens is 2. The monoisotopic (exact) mass is 503 g/mol. The Kier molecular flexibility index (Phi) is 9.18. The lowest BCUT2D eigenvalue weighted by atomic mass is 9.98. The molecule has 0 amide bonds. The second kappa shape index (κ2) is 11.6. The van der Waals surface area contributed by atoms with Gasteiger partial charge < -0.3 is 15.2 Å². The highest BCUT2D eigenvalue weighted by molar-refractivity contribution is 14.0. The molecule has 0 aliphatic carbocycles. The largest absolute Gasteiger partial charge is 0.357 e. The Balaban J connectivity index is 0.00000300.